The minimum absolute atomic E-state index is 0.230. The van der Waals surface area contributed by atoms with Crippen molar-refractivity contribution in [1.29, 1.82) is 0 Å². The smallest absolute Gasteiger partial charge is 0.331 e. The topological polar surface area (TPSA) is 43.4 Å². The van der Waals surface area contributed by atoms with Crippen LogP contribution in [0.4, 0.5) is 0 Å². The lowest BCUT2D eigenvalue weighted by Gasteiger charge is -2.06. The van der Waals surface area contributed by atoms with E-state index < -0.39 is 5.97 Å². The highest BCUT2D eigenvalue weighted by Gasteiger charge is 2.19. The molecule has 0 fully saturated rings. The third-order valence-electron chi connectivity index (χ3n) is 4.77. The lowest BCUT2D eigenvalue weighted by molar-refractivity contribution is -0.136. The summed E-state index contributed by atoms with van der Waals surface area (Å²) < 4.78 is 5.09. The highest BCUT2D eigenvalue weighted by atomic mass is 35.5. The van der Waals surface area contributed by atoms with E-state index in [0.717, 1.165) is 17.5 Å². The van der Waals surface area contributed by atoms with Gasteiger partial charge in [-0.25, -0.2) is 4.79 Å². The molecule has 0 saturated carbocycles. The molecule has 0 N–H and O–H groups in total. The molecule has 0 unspecified atom stereocenters. The number of carbonyl (C=O) groups is 2. The van der Waals surface area contributed by atoms with Crippen LogP contribution in [0.5, 0.6) is 0 Å². The van der Waals surface area contributed by atoms with Gasteiger partial charge in [-0.15, -0.1) is 0 Å². The van der Waals surface area contributed by atoms with Crippen molar-refractivity contribution in [1.82, 2.24) is 0 Å². The van der Waals surface area contributed by atoms with Gasteiger partial charge in [-0.3, -0.25) is 4.79 Å². The summed E-state index contributed by atoms with van der Waals surface area (Å²) in [4.78, 5) is 24.4. The van der Waals surface area contributed by atoms with Crippen LogP contribution in [0.2, 0.25) is 5.02 Å². The van der Waals surface area contributed by atoms with Crippen LogP contribution in [-0.4, -0.2) is 18.4 Å². The van der Waals surface area contributed by atoms with Crippen molar-refractivity contribution in [2.45, 2.75) is 6.42 Å². The summed E-state index contributed by atoms with van der Waals surface area (Å²) in [6.45, 7) is -0.299. The number of rotatable bonds is 5. The number of hydrogen-bond acceptors (Lipinski definition) is 3. The van der Waals surface area contributed by atoms with Crippen LogP contribution in [0.25, 0.3) is 17.2 Å². The number of fused-ring (bicyclic) bond motifs is 3. The van der Waals surface area contributed by atoms with Crippen LogP contribution in [0.1, 0.15) is 27.0 Å². The first-order valence-electron chi connectivity index (χ1n) is 8.95. The summed E-state index contributed by atoms with van der Waals surface area (Å²) in [7, 11) is 0. The lowest BCUT2D eigenvalue weighted by Crippen LogP contribution is -2.12. The summed E-state index contributed by atoms with van der Waals surface area (Å²) >= 11 is 6.04. The third-order valence-corrected chi connectivity index (χ3v) is 5.11. The zero-order valence-electron chi connectivity index (χ0n) is 15.0. The predicted molar refractivity (Wildman–Crippen MR) is 110 cm³/mol. The molecule has 1 aliphatic carbocycles. The number of ether oxygens (including phenoxy) is 1. The van der Waals surface area contributed by atoms with Gasteiger partial charge in [0.25, 0.3) is 0 Å². The Labute approximate surface area is 168 Å². The molecule has 0 bridgehead atoms. The van der Waals surface area contributed by atoms with Crippen molar-refractivity contribution in [3.05, 3.63) is 100 Å². The second-order valence-electron chi connectivity index (χ2n) is 6.59. The maximum absolute atomic E-state index is 12.5. The van der Waals surface area contributed by atoms with Crippen molar-refractivity contribution < 1.29 is 14.3 Å². The number of hydrogen-bond donors (Lipinski definition) is 0. The van der Waals surface area contributed by atoms with E-state index in [1.54, 1.807) is 24.3 Å². The van der Waals surface area contributed by atoms with Crippen molar-refractivity contribution in [3.63, 3.8) is 0 Å². The molecule has 3 aromatic rings. The quantitative estimate of drug-likeness (QED) is 0.263. The molecule has 3 aromatic carbocycles. The number of Topliss-reactive ketones (excluding diaryl/α,β-unsaturated/α-hetero) is 1. The Morgan fingerprint density at radius 3 is 2.54 bits per heavy atom. The monoisotopic (exact) mass is 388 g/mol. The fraction of sp³-hybridized carbons (Fsp3) is 0.0833. The SMILES string of the molecule is O=C(/C=C/c1ccccc1Cl)OCC(=O)c1ccc2c(c1)-c1ccccc1C2. The molecule has 1 aliphatic rings. The van der Waals surface area contributed by atoms with Crippen LogP contribution in [0.3, 0.4) is 0 Å². The zero-order chi connectivity index (χ0) is 19.5. The van der Waals surface area contributed by atoms with Gasteiger partial charge >= 0.3 is 5.97 Å². The van der Waals surface area contributed by atoms with Crippen LogP contribution >= 0.6 is 11.6 Å². The summed E-state index contributed by atoms with van der Waals surface area (Å²) in [6.07, 6.45) is 3.72. The molecule has 0 heterocycles. The van der Waals surface area contributed by atoms with Gasteiger partial charge in [0, 0.05) is 16.7 Å². The first-order chi connectivity index (χ1) is 13.6. The summed E-state index contributed by atoms with van der Waals surface area (Å²) in [6, 6.07) is 21.0. The molecule has 0 atom stereocenters. The van der Waals surface area contributed by atoms with Crippen molar-refractivity contribution in [2.24, 2.45) is 0 Å². The van der Waals surface area contributed by atoms with Gasteiger partial charge in [-0.05, 0) is 52.4 Å². The van der Waals surface area contributed by atoms with E-state index in [4.69, 9.17) is 16.3 Å². The molecular weight excluding hydrogens is 372 g/mol. The van der Waals surface area contributed by atoms with E-state index in [1.165, 1.54) is 17.2 Å². The molecule has 0 spiro atoms. The molecule has 28 heavy (non-hydrogen) atoms. The molecule has 138 valence electrons. The summed E-state index contributed by atoms with van der Waals surface area (Å²) in [5, 5.41) is 0.543. The van der Waals surface area contributed by atoms with Crippen LogP contribution < -0.4 is 0 Å². The van der Waals surface area contributed by atoms with Crippen LogP contribution in [0, 0.1) is 0 Å². The normalized spacial score (nSPS) is 11.9. The Bertz CT molecular complexity index is 1100. The molecule has 3 nitrogen and oxygen atoms in total. The van der Waals surface area contributed by atoms with Gasteiger partial charge in [0.05, 0.1) is 0 Å². The molecule has 0 aliphatic heterocycles. The third kappa shape index (κ3) is 3.75. The van der Waals surface area contributed by atoms with E-state index in [9.17, 15) is 9.59 Å². The minimum atomic E-state index is -0.584. The summed E-state index contributed by atoms with van der Waals surface area (Å²) in [5.74, 6) is -0.813. The van der Waals surface area contributed by atoms with E-state index >= 15 is 0 Å². The Kier molecular flexibility index (Phi) is 5.09. The number of esters is 1. The fourth-order valence-electron chi connectivity index (χ4n) is 3.33. The van der Waals surface area contributed by atoms with Crippen LogP contribution in [-0.2, 0) is 16.0 Å². The Balaban J connectivity index is 1.41. The van der Waals surface area contributed by atoms with Gasteiger partial charge in [0.15, 0.2) is 12.4 Å². The van der Waals surface area contributed by atoms with E-state index in [0.29, 0.717) is 16.1 Å². The van der Waals surface area contributed by atoms with Crippen LogP contribution in [0.15, 0.2) is 72.8 Å². The number of halogens is 1. The Morgan fingerprint density at radius 1 is 0.929 bits per heavy atom. The van der Waals surface area contributed by atoms with E-state index in [-0.39, 0.29) is 12.4 Å². The van der Waals surface area contributed by atoms with E-state index in [1.807, 2.05) is 36.4 Å². The van der Waals surface area contributed by atoms with Gasteiger partial charge in [-0.2, -0.15) is 0 Å². The average molecular weight is 389 g/mol. The average Bonchev–Trinajstić information content (AvgIpc) is 3.09. The van der Waals surface area contributed by atoms with Gasteiger partial charge in [0.2, 0.25) is 0 Å². The maximum Gasteiger partial charge on any atom is 0.331 e. The Morgan fingerprint density at radius 2 is 1.68 bits per heavy atom. The van der Waals surface area contributed by atoms with Gasteiger partial charge < -0.3 is 4.74 Å². The standard InChI is InChI=1S/C24H17ClO3/c25-22-8-4-2-5-16(22)11-12-24(27)28-15-23(26)19-10-9-18-13-17-6-1-3-7-20(17)21(18)14-19/h1-12,14H,13,15H2/b12-11+. The molecular formula is C24H17ClO3. The predicted octanol–water partition coefficient (Wildman–Crippen LogP) is 5.35. The second kappa shape index (κ2) is 7.83. The van der Waals surface area contributed by atoms with Crippen molar-refractivity contribution in [3.8, 4) is 11.1 Å². The second-order valence-corrected chi connectivity index (χ2v) is 7.00. The molecule has 4 heteroatoms. The maximum atomic E-state index is 12.5. The number of ketones is 1. The van der Waals surface area contributed by atoms with Crippen molar-refractivity contribution >= 4 is 29.4 Å². The molecule has 0 radical (unpaired) electrons. The van der Waals surface area contributed by atoms with E-state index in [2.05, 4.69) is 12.1 Å². The highest BCUT2D eigenvalue weighted by Crippen LogP contribution is 2.36. The van der Waals surface area contributed by atoms with Gasteiger partial charge in [0.1, 0.15) is 0 Å². The molecule has 0 aromatic heterocycles. The fourth-order valence-corrected chi connectivity index (χ4v) is 3.53. The van der Waals surface area contributed by atoms with Crippen molar-refractivity contribution in [2.75, 3.05) is 6.61 Å². The summed E-state index contributed by atoms with van der Waals surface area (Å²) in [5.41, 5.74) is 5.96. The minimum Gasteiger partial charge on any atom is -0.454 e. The largest absolute Gasteiger partial charge is 0.454 e. The van der Waals surface area contributed by atoms with Gasteiger partial charge in [-0.1, -0.05) is 66.2 Å². The Hall–Kier alpha value is -3.17. The molecule has 0 amide bonds. The molecule has 4 rings (SSSR count). The lowest BCUT2D eigenvalue weighted by atomic mass is 10.0. The molecule has 0 saturated heterocycles. The highest BCUT2D eigenvalue weighted by molar-refractivity contribution is 6.32. The number of carbonyl (C=O) groups excluding carboxylic acids is 2. The number of benzene rings is 3. The first kappa shape index (κ1) is 18.2. The first-order valence-corrected chi connectivity index (χ1v) is 9.33. The zero-order valence-corrected chi connectivity index (χ0v) is 15.8.